The highest BCUT2D eigenvalue weighted by atomic mass is 32.2. The zero-order valence-electron chi connectivity index (χ0n) is 11.1. The number of rotatable bonds is 4. The van der Waals surface area contributed by atoms with Gasteiger partial charge in [0, 0.05) is 5.69 Å². The van der Waals surface area contributed by atoms with E-state index in [-0.39, 0.29) is 11.7 Å². The lowest BCUT2D eigenvalue weighted by Gasteiger charge is -2.05. The minimum atomic E-state index is -3.53. The van der Waals surface area contributed by atoms with E-state index in [1.807, 2.05) is 24.3 Å². The molecule has 6 nitrogen and oxygen atoms in total. The van der Waals surface area contributed by atoms with Gasteiger partial charge in [-0.1, -0.05) is 24.3 Å². The average molecular weight is 302 g/mol. The number of para-hydroxylation sites is 2. The molecule has 0 bridgehead atoms. The number of nitrogens with zero attached hydrogens (tertiary/aromatic N) is 1. The third-order valence-electron chi connectivity index (χ3n) is 2.98. The van der Waals surface area contributed by atoms with Crippen molar-refractivity contribution in [3.05, 3.63) is 54.1 Å². The molecule has 21 heavy (non-hydrogen) atoms. The molecule has 7 heteroatoms. The maximum Gasteiger partial charge on any atom is 0.239 e. The highest BCUT2D eigenvalue weighted by Crippen LogP contribution is 2.16. The lowest BCUT2D eigenvalue weighted by atomic mass is 10.2. The molecule has 0 saturated carbocycles. The van der Waals surface area contributed by atoms with Crippen LogP contribution in [0.15, 0.2) is 48.5 Å². The molecular weight excluding hydrogens is 288 g/mol. The van der Waals surface area contributed by atoms with Gasteiger partial charge in [0.15, 0.2) is 0 Å². The number of aromatic nitrogens is 2. The van der Waals surface area contributed by atoms with Gasteiger partial charge in [0.2, 0.25) is 16.0 Å². The van der Waals surface area contributed by atoms with Crippen LogP contribution in [0, 0.1) is 0 Å². The molecule has 2 aromatic carbocycles. The molecule has 0 amide bonds. The standard InChI is InChI=1S/C14H14N4O2S/c15-11-7-5-10(6-8-11)9-21(19,20)18-14-16-12-3-1-2-4-13(12)17-14/h1-8H,9,15H2,(H2,16,17,18). The number of fused-ring (bicyclic) bond motifs is 1. The van der Waals surface area contributed by atoms with Crippen molar-refractivity contribution in [2.24, 2.45) is 0 Å². The third-order valence-corrected chi connectivity index (χ3v) is 4.20. The Morgan fingerprint density at radius 1 is 1.10 bits per heavy atom. The number of nitrogens with one attached hydrogen (secondary N) is 2. The zero-order valence-corrected chi connectivity index (χ0v) is 11.9. The fraction of sp³-hybridized carbons (Fsp3) is 0.0714. The topological polar surface area (TPSA) is 101 Å². The predicted octanol–water partition coefficient (Wildman–Crippen LogP) is 2.09. The van der Waals surface area contributed by atoms with Crippen molar-refractivity contribution in [2.45, 2.75) is 5.75 Å². The summed E-state index contributed by atoms with van der Waals surface area (Å²) in [4.78, 5) is 7.11. The quantitative estimate of drug-likeness (QED) is 0.642. The van der Waals surface area contributed by atoms with Crippen LogP contribution in [0.1, 0.15) is 5.56 Å². The fourth-order valence-electron chi connectivity index (χ4n) is 2.02. The second-order valence-corrected chi connectivity index (χ2v) is 6.43. The van der Waals surface area contributed by atoms with Crippen molar-refractivity contribution in [1.29, 1.82) is 0 Å². The molecule has 108 valence electrons. The zero-order chi connectivity index (χ0) is 14.9. The van der Waals surface area contributed by atoms with Gasteiger partial charge >= 0.3 is 0 Å². The molecule has 0 atom stereocenters. The van der Waals surface area contributed by atoms with Gasteiger partial charge in [0.25, 0.3) is 0 Å². The first kappa shape index (κ1) is 13.4. The Bertz CT molecular complexity index is 836. The number of nitrogens with two attached hydrogens (primary N) is 1. The molecular formula is C14H14N4O2S. The summed E-state index contributed by atoms with van der Waals surface area (Å²) >= 11 is 0. The fourth-order valence-corrected chi connectivity index (χ4v) is 3.11. The molecule has 1 heterocycles. The summed E-state index contributed by atoms with van der Waals surface area (Å²) < 4.78 is 26.7. The highest BCUT2D eigenvalue weighted by Gasteiger charge is 2.14. The van der Waals surface area contributed by atoms with E-state index in [2.05, 4.69) is 14.7 Å². The molecule has 0 unspecified atom stereocenters. The van der Waals surface area contributed by atoms with Crippen molar-refractivity contribution >= 4 is 32.7 Å². The maximum absolute atomic E-state index is 12.1. The Morgan fingerprint density at radius 3 is 2.52 bits per heavy atom. The number of hydrogen-bond acceptors (Lipinski definition) is 4. The number of hydrogen-bond donors (Lipinski definition) is 3. The molecule has 4 N–H and O–H groups in total. The lowest BCUT2D eigenvalue weighted by molar-refractivity contribution is 0.600. The average Bonchev–Trinajstić information content (AvgIpc) is 2.82. The van der Waals surface area contributed by atoms with Gasteiger partial charge in [0.05, 0.1) is 16.8 Å². The Hall–Kier alpha value is -2.54. The molecule has 0 fully saturated rings. The maximum atomic E-state index is 12.1. The number of sulfonamides is 1. The van der Waals surface area contributed by atoms with Crippen LogP contribution in [0.5, 0.6) is 0 Å². The van der Waals surface area contributed by atoms with E-state index in [9.17, 15) is 8.42 Å². The first-order valence-corrected chi connectivity index (χ1v) is 7.97. The van der Waals surface area contributed by atoms with E-state index in [0.717, 1.165) is 5.52 Å². The van der Waals surface area contributed by atoms with Crippen LogP contribution in [-0.2, 0) is 15.8 Å². The van der Waals surface area contributed by atoms with Crippen LogP contribution in [-0.4, -0.2) is 18.4 Å². The minimum Gasteiger partial charge on any atom is -0.399 e. The summed E-state index contributed by atoms with van der Waals surface area (Å²) in [5, 5.41) is 0. The van der Waals surface area contributed by atoms with Gasteiger partial charge in [-0.2, -0.15) is 0 Å². The van der Waals surface area contributed by atoms with Gasteiger partial charge in [-0.3, -0.25) is 4.72 Å². The summed E-state index contributed by atoms with van der Waals surface area (Å²) in [5.74, 6) is 0.0799. The molecule has 0 aliphatic carbocycles. The number of nitrogen functional groups attached to an aromatic ring is 1. The smallest absolute Gasteiger partial charge is 0.239 e. The van der Waals surface area contributed by atoms with E-state index in [0.29, 0.717) is 16.8 Å². The van der Waals surface area contributed by atoms with Crippen LogP contribution in [0.4, 0.5) is 11.6 Å². The van der Waals surface area contributed by atoms with Crippen molar-refractivity contribution in [2.75, 3.05) is 10.5 Å². The Labute approximate surface area is 122 Å². The first-order chi connectivity index (χ1) is 10.0. The molecule has 0 radical (unpaired) electrons. The Morgan fingerprint density at radius 2 is 1.81 bits per heavy atom. The normalized spacial score (nSPS) is 11.6. The number of H-pyrrole nitrogens is 1. The van der Waals surface area contributed by atoms with Crippen LogP contribution < -0.4 is 10.5 Å². The first-order valence-electron chi connectivity index (χ1n) is 6.31. The van der Waals surface area contributed by atoms with E-state index < -0.39 is 10.0 Å². The van der Waals surface area contributed by atoms with Gasteiger partial charge in [0.1, 0.15) is 0 Å². The Balaban J connectivity index is 1.80. The Kier molecular flexibility index (Phi) is 3.26. The van der Waals surface area contributed by atoms with Crippen LogP contribution >= 0.6 is 0 Å². The van der Waals surface area contributed by atoms with Crippen molar-refractivity contribution in [3.8, 4) is 0 Å². The summed E-state index contributed by atoms with van der Waals surface area (Å²) in [7, 11) is -3.53. The number of anilines is 2. The highest BCUT2D eigenvalue weighted by molar-refractivity contribution is 7.91. The van der Waals surface area contributed by atoms with Crippen LogP contribution in [0.3, 0.4) is 0 Å². The second-order valence-electron chi connectivity index (χ2n) is 4.71. The molecule has 0 aliphatic rings. The van der Waals surface area contributed by atoms with E-state index in [4.69, 9.17) is 5.73 Å². The van der Waals surface area contributed by atoms with E-state index in [1.165, 1.54) is 0 Å². The molecule has 3 aromatic rings. The molecule has 0 saturated heterocycles. The van der Waals surface area contributed by atoms with Crippen molar-refractivity contribution in [1.82, 2.24) is 9.97 Å². The SMILES string of the molecule is Nc1ccc(CS(=O)(=O)Nc2nc3ccccc3[nH]2)cc1. The number of aromatic amines is 1. The van der Waals surface area contributed by atoms with Gasteiger partial charge < -0.3 is 10.7 Å². The molecule has 1 aromatic heterocycles. The monoisotopic (exact) mass is 302 g/mol. The second kappa shape index (κ2) is 5.10. The van der Waals surface area contributed by atoms with Crippen LogP contribution in [0.25, 0.3) is 11.0 Å². The summed E-state index contributed by atoms with van der Waals surface area (Å²) in [6.07, 6.45) is 0. The predicted molar refractivity (Wildman–Crippen MR) is 83.2 cm³/mol. The van der Waals surface area contributed by atoms with E-state index >= 15 is 0 Å². The largest absolute Gasteiger partial charge is 0.399 e. The van der Waals surface area contributed by atoms with Crippen LogP contribution in [0.2, 0.25) is 0 Å². The van der Waals surface area contributed by atoms with E-state index in [1.54, 1.807) is 24.3 Å². The molecule has 0 spiro atoms. The number of imidazole rings is 1. The lowest BCUT2D eigenvalue weighted by Crippen LogP contribution is -2.16. The van der Waals surface area contributed by atoms with Crippen molar-refractivity contribution in [3.63, 3.8) is 0 Å². The third kappa shape index (κ3) is 3.14. The number of benzene rings is 2. The molecule has 3 rings (SSSR count). The van der Waals surface area contributed by atoms with Gasteiger partial charge in [-0.25, -0.2) is 13.4 Å². The molecule has 0 aliphatic heterocycles. The minimum absolute atomic E-state index is 0.135. The summed E-state index contributed by atoms with van der Waals surface area (Å²) in [5.41, 5.74) is 8.33. The van der Waals surface area contributed by atoms with Crippen molar-refractivity contribution < 1.29 is 8.42 Å². The summed E-state index contributed by atoms with van der Waals surface area (Å²) in [6.45, 7) is 0. The van der Waals surface area contributed by atoms with Gasteiger partial charge in [-0.05, 0) is 29.8 Å². The summed E-state index contributed by atoms with van der Waals surface area (Å²) in [6, 6.07) is 14.1. The van der Waals surface area contributed by atoms with Gasteiger partial charge in [-0.15, -0.1) is 0 Å².